The zero-order valence-electron chi connectivity index (χ0n) is 23.3. The van der Waals surface area contributed by atoms with E-state index in [-0.39, 0.29) is 18.2 Å². The SMILES string of the molecule is Cc1ccccc1C1C=C2C3=C(C1)N1c4c(cccc4C4(C)C=CC=CC14)B3c1cccc3c4ccccc4n2c13. The lowest BCUT2D eigenvalue weighted by atomic mass is 9.32. The first kappa shape index (κ1) is 22.2. The maximum absolute atomic E-state index is 2.76. The van der Waals surface area contributed by atoms with Gasteiger partial charge in [0.05, 0.1) is 11.6 Å². The van der Waals surface area contributed by atoms with Gasteiger partial charge in [-0.3, -0.25) is 0 Å². The molecule has 10 rings (SSSR count). The number of para-hydroxylation sites is 3. The third-order valence-corrected chi connectivity index (χ3v) is 10.7. The molecule has 0 saturated carbocycles. The fourth-order valence-corrected chi connectivity index (χ4v) is 9.02. The molecule has 3 aliphatic heterocycles. The second-order valence-corrected chi connectivity index (χ2v) is 12.7. The maximum Gasteiger partial charge on any atom is 0.251 e. The van der Waals surface area contributed by atoms with Gasteiger partial charge in [-0.2, -0.15) is 0 Å². The number of hydrogen-bond donors (Lipinski definition) is 0. The number of benzene rings is 4. The smallest absolute Gasteiger partial charge is 0.251 e. The molecule has 3 heteroatoms. The molecule has 3 atom stereocenters. The highest BCUT2D eigenvalue weighted by Gasteiger charge is 2.54. The molecule has 0 spiro atoms. The molecule has 2 aliphatic carbocycles. The minimum Gasteiger partial charge on any atom is -0.338 e. The molecule has 4 heterocycles. The van der Waals surface area contributed by atoms with Gasteiger partial charge in [0.25, 0.3) is 6.71 Å². The van der Waals surface area contributed by atoms with Crippen molar-refractivity contribution < 1.29 is 0 Å². The van der Waals surface area contributed by atoms with Gasteiger partial charge in [-0.05, 0) is 59.4 Å². The summed E-state index contributed by atoms with van der Waals surface area (Å²) in [5, 5.41) is 2.70. The summed E-state index contributed by atoms with van der Waals surface area (Å²) in [6.45, 7) is 4.95. The van der Waals surface area contributed by atoms with Gasteiger partial charge in [0.1, 0.15) is 0 Å². The summed E-state index contributed by atoms with van der Waals surface area (Å²) in [4.78, 5) is 2.76. The molecule has 41 heavy (non-hydrogen) atoms. The Balaban J connectivity index is 1.37. The van der Waals surface area contributed by atoms with Gasteiger partial charge in [0.2, 0.25) is 0 Å². The van der Waals surface area contributed by atoms with E-state index in [9.17, 15) is 0 Å². The molecule has 0 radical (unpaired) electrons. The average Bonchev–Trinajstić information content (AvgIpc) is 3.49. The fraction of sp³-hybridized carbons (Fsp3) is 0.158. The van der Waals surface area contributed by atoms with Crippen LogP contribution < -0.4 is 15.8 Å². The highest BCUT2D eigenvalue weighted by molar-refractivity contribution is 6.96. The standard InChI is InChI=1S/C38H29BN2/c1-23-11-3-4-12-25(23)24-21-32-35-33(22-24)41-34-19-7-8-20-38(34,2)28-15-10-17-30(37(28)41)39(35)29-16-9-14-27-26-13-5-6-18-31(26)40(32)36(27)29/h3-21,24,34H,22H2,1-2H3. The van der Waals surface area contributed by atoms with E-state index in [1.165, 1.54) is 72.0 Å². The van der Waals surface area contributed by atoms with Crippen LogP contribution >= 0.6 is 0 Å². The Labute approximate surface area is 240 Å². The number of hydrogen-bond acceptors (Lipinski definition) is 1. The van der Waals surface area contributed by atoms with E-state index in [0.717, 1.165) is 6.42 Å². The van der Waals surface area contributed by atoms with Crippen molar-refractivity contribution in [2.45, 2.75) is 37.6 Å². The van der Waals surface area contributed by atoms with Crippen LogP contribution in [0.25, 0.3) is 27.5 Å². The van der Waals surface area contributed by atoms with Crippen LogP contribution in [0, 0.1) is 6.92 Å². The van der Waals surface area contributed by atoms with E-state index in [4.69, 9.17) is 0 Å². The third-order valence-electron chi connectivity index (χ3n) is 10.7. The van der Waals surface area contributed by atoms with Gasteiger partial charge in [-0.25, -0.2) is 0 Å². The van der Waals surface area contributed by atoms with Gasteiger partial charge in [0, 0.05) is 44.7 Å². The summed E-state index contributed by atoms with van der Waals surface area (Å²) in [5.41, 5.74) is 15.7. The van der Waals surface area contributed by atoms with Gasteiger partial charge < -0.3 is 9.47 Å². The van der Waals surface area contributed by atoms with E-state index in [2.05, 4.69) is 139 Å². The minimum absolute atomic E-state index is 0.0470. The van der Waals surface area contributed by atoms with Crippen molar-refractivity contribution in [3.8, 4) is 0 Å². The highest BCUT2D eigenvalue weighted by Crippen LogP contribution is 2.56. The monoisotopic (exact) mass is 524 g/mol. The molecule has 2 nitrogen and oxygen atoms in total. The molecular formula is C38H29BN2. The van der Waals surface area contributed by atoms with E-state index >= 15 is 0 Å². The van der Waals surface area contributed by atoms with Crippen molar-refractivity contribution in [3.63, 3.8) is 0 Å². The molecular weight excluding hydrogens is 495 g/mol. The molecule has 4 aromatic carbocycles. The number of aryl methyl sites for hydroxylation is 1. The molecule has 194 valence electrons. The van der Waals surface area contributed by atoms with Crippen LogP contribution in [0.2, 0.25) is 0 Å². The van der Waals surface area contributed by atoms with Crippen molar-refractivity contribution in [3.05, 3.63) is 143 Å². The van der Waals surface area contributed by atoms with Crippen molar-refractivity contribution in [2.75, 3.05) is 4.90 Å². The molecule has 0 N–H and O–H groups in total. The largest absolute Gasteiger partial charge is 0.338 e. The van der Waals surface area contributed by atoms with E-state index < -0.39 is 0 Å². The Bertz CT molecular complexity index is 2140. The first-order valence-corrected chi connectivity index (χ1v) is 15.0. The zero-order chi connectivity index (χ0) is 27.0. The number of anilines is 1. The van der Waals surface area contributed by atoms with E-state index in [1.54, 1.807) is 0 Å². The van der Waals surface area contributed by atoms with Crippen LogP contribution in [0.5, 0.6) is 0 Å². The van der Waals surface area contributed by atoms with Crippen LogP contribution in [0.4, 0.5) is 5.69 Å². The molecule has 1 aromatic heterocycles. The van der Waals surface area contributed by atoms with E-state index in [0.29, 0.717) is 5.92 Å². The van der Waals surface area contributed by atoms with Crippen LogP contribution in [0.3, 0.4) is 0 Å². The Morgan fingerprint density at radius 3 is 2.56 bits per heavy atom. The Hall–Kier alpha value is -4.50. The van der Waals surface area contributed by atoms with Crippen molar-refractivity contribution in [1.29, 1.82) is 0 Å². The molecule has 5 aliphatic rings. The molecule has 0 amide bonds. The molecule has 3 unspecified atom stereocenters. The van der Waals surface area contributed by atoms with Gasteiger partial charge >= 0.3 is 0 Å². The van der Waals surface area contributed by atoms with Crippen molar-refractivity contribution in [2.24, 2.45) is 0 Å². The van der Waals surface area contributed by atoms with Crippen LogP contribution in [0.1, 0.15) is 36.0 Å². The van der Waals surface area contributed by atoms with Gasteiger partial charge in [-0.1, -0.05) is 109 Å². The van der Waals surface area contributed by atoms with Crippen molar-refractivity contribution in [1.82, 2.24) is 4.57 Å². The summed E-state index contributed by atoms with van der Waals surface area (Å²) >= 11 is 0. The lowest BCUT2D eigenvalue weighted by Gasteiger charge is -2.46. The number of nitrogens with zero attached hydrogens (tertiary/aromatic N) is 2. The third kappa shape index (κ3) is 2.53. The molecule has 0 fully saturated rings. The number of aromatic nitrogens is 1. The predicted octanol–water partition coefficient (Wildman–Crippen LogP) is 7.13. The Kier molecular flexibility index (Phi) is 4.02. The topological polar surface area (TPSA) is 8.17 Å². The number of fused-ring (bicyclic) bond motifs is 10. The quantitative estimate of drug-likeness (QED) is 0.212. The summed E-state index contributed by atoms with van der Waals surface area (Å²) in [6.07, 6.45) is 13.0. The normalized spacial score (nSPS) is 24.6. The predicted molar refractivity (Wildman–Crippen MR) is 173 cm³/mol. The number of allylic oxidation sites excluding steroid dienone is 6. The number of rotatable bonds is 1. The summed E-state index contributed by atoms with van der Waals surface area (Å²) in [5.74, 6) is 0.316. The second-order valence-electron chi connectivity index (χ2n) is 12.7. The zero-order valence-corrected chi connectivity index (χ0v) is 23.3. The van der Waals surface area contributed by atoms with E-state index in [1.807, 2.05) is 0 Å². The summed E-state index contributed by atoms with van der Waals surface area (Å²) < 4.78 is 2.61. The molecule has 0 bridgehead atoms. The Morgan fingerprint density at radius 1 is 0.829 bits per heavy atom. The molecule has 0 saturated heterocycles. The first-order chi connectivity index (χ1) is 20.1. The average molecular weight is 524 g/mol. The van der Waals surface area contributed by atoms with Crippen LogP contribution in [0.15, 0.2) is 126 Å². The summed E-state index contributed by atoms with van der Waals surface area (Å²) in [7, 11) is 0. The van der Waals surface area contributed by atoms with Crippen LogP contribution in [-0.4, -0.2) is 17.3 Å². The highest BCUT2D eigenvalue weighted by atomic mass is 15.2. The Morgan fingerprint density at radius 2 is 1.63 bits per heavy atom. The van der Waals surface area contributed by atoms with Crippen molar-refractivity contribution >= 4 is 50.8 Å². The minimum atomic E-state index is -0.0470. The fourth-order valence-electron chi connectivity index (χ4n) is 9.02. The lowest BCUT2D eigenvalue weighted by Crippen LogP contribution is -2.56. The van der Waals surface area contributed by atoms with Crippen LogP contribution in [-0.2, 0) is 5.41 Å². The lowest BCUT2D eigenvalue weighted by molar-refractivity contribution is 0.534. The van der Waals surface area contributed by atoms with Gasteiger partial charge in [0.15, 0.2) is 0 Å². The maximum atomic E-state index is 2.76. The van der Waals surface area contributed by atoms with Gasteiger partial charge in [-0.15, -0.1) is 0 Å². The molecule has 5 aromatic rings. The second kappa shape index (κ2) is 7.41. The summed E-state index contributed by atoms with van der Waals surface area (Å²) in [6, 6.07) is 32.4. The first-order valence-electron chi connectivity index (χ1n) is 15.0.